The highest BCUT2D eigenvalue weighted by molar-refractivity contribution is 8.00. The van der Waals surface area contributed by atoms with E-state index in [0.29, 0.717) is 20.8 Å². The monoisotopic (exact) mass is 593 g/mol. The number of esters is 2. The lowest BCUT2D eigenvalue weighted by Gasteiger charge is -2.08. The number of halogens is 1. The normalized spacial score (nSPS) is 13.6. The lowest BCUT2D eigenvalue weighted by molar-refractivity contribution is -0.141. The van der Waals surface area contributed by atoms with Gasteiger partial charge in [0.25, 0.3) is 5.91 Å². The standard InChI is InChI=1S/C26H28FN3O6S3/c1-3-36-25(34)23-16-7-5-4-6-8-18(16)38-24(23)28-20(31)13-37-14-21(32)29-26-30(12-22(33)35-2)17-10-9-15(27)11-19(17)39-26/h9-11H,3-8,12-14H2,1-2H3,(H,28,31). The average molecular weight is 594 g/mol. The fourth-order valence-electron chi connectivity index (χ4n) is 4.26. The van der Waals surface area contributed by atoms with Gasteiger partial charge in [-0.05, 0) is 56.4 Å². The Labute approximate surface area is 236 Å². The number of thiophene rings is 1. The van der Waals surface area contributed by atoms with E-state index in [-0.39, 0.29) is 35.4 Å². The van der Waals surface area contributed by atoms with Gasteiger partial charge in [0.1, 0.15) is 17.4 Å². The number of fused-ring (bicyclic) bond motifs is 2. The number of benzene rings is 1. The van der Waals surface area contributed by atoms with E-state index in [4.69, 9.17) is 9.47 Å². The lowest BCUT2D eigenvalue weighted by Crippen LogP contribution is -2.23. The molecule has 0 spiro atoms. The van der Waals surface area contributed by atoms with Gasteiger partial charge in [0, 0.05) is 4.88 Å². The number of amides is 2. The first kappa shape index (κ1) is 29.0. The van der Waals surface area contributed by atoms with E-state index in [1.807, 2.05) is 0 Å². The Morgan fingerprint density at radius 3 is 2.69 bits per heavy atom. The minimum atomic E-state index is -0.535. The Bertz CT molecular complexity index is 1480. The van der Waals surface area contributed by atoms with E-state index in [1.165, 1.54) is 41.2 Å². The Kier molecular flexibility index (Phi) is 9.92. The second-order valence-corrected chi connectivity index (χ2v) is 11.8. The number of anilines is 1. The molecule has 0 aliphatic heterocycles. The molecule has 1 aromatic carbocycles. The van der Waals surface area contributed by atoms with Gasteiger partial charge < -0.3 is 19.4 Å². The third-order valence-corrected chi connectivity index (χ3v) is 9.16. The minimum absolute atomic E-state index is 0.0219. The fraction of sp³-hybridized carbons (Fsp3) is 0.423. The molecule has 2 amide bonds. The maximum Gasteiger partial charge on any atom is 0.341 e. The molecule has 0 bridgehead atoms. The number of ether oxygens (including phenoxy) is 2. The molecule has 9 nitrogen and oxygen atoms in total. The van der Waals surface area contributed by atoms with Crippen molar-refractivity contribution < 1.29 is 33.0 Å². The number of carbonyl (C=O) groups excluding carboxylic acids is 4. The Hall–Kier alpha value is -3.03. The summed E-state index contributed by atoms with van der Waals surface area (Å²) in [6.45, 7) is 1.80. The number of methoxy groups -OCH3 is 1. The van der Waals surface area contributed by atoms with E-state index in [0.717, 1.165) is 65.6 Å². The van der Waals surface area contributed by atoms with Crippen LogP contribution in [0.5, 0.6) is 0 Å². The first-order valence-electron chi connectivity index (χ1n) is 12.4. The van der Waals surface area contributed by atoms with Crippen molar-refractivity contribution in [3.8, 4) is 0 Å². The predicted octanol–water partition coefficient (Wildman–Crippen LogP) is 4.32. The van der Waals surface area contributed by atoms with Gasteiger partial charge in [0.05, 0.1) is 41.0 Å². The van der Waals surface area contributed by atoms with E-state index in [1.54, 1.807) is 6.92 Å². The van der Waals surface area contributed by atoms with Gasteiger partial charge in [-0.15, -0.1) is 23.1 Å². The van der Waals surface area contributed by atoms with Crippen molar-refractivity contribution in [3.63, 3.8) is 0 Å². The highest BCUT2D eigenvalue weighted by Gasteiger charge is 2.26. The quantitative estimate of drug-likeness (QED) is 0.290. The van der Waals surface area contributed by atoms with Crippen LogP contribution >= 0.6 is 34.4 Å². The summed E-state index contributed by atoms with van der Waals surface area (Å²) in [5, 5.41) is 3.33. The third-order valence-electron chi connectivity index (χ3n) is 5.99. The van der Waals surface area contributed by atoms with Gasteiger partial charge in [-0.25, -0.2) is 9.18 Å². The number of rotatable bonds is 9. The van der Waals surface area contributed by atoms with Crippen LogP contribution in [-0.2, 0) is 43.2 Å². The first-order valence-corrected chi connectivity index (χ1v) is 15.2. The molecule has 0 atom stereocenters. The number of nitrogens with zero attached hydrogens (tertiary/aromatic N) is 2. The molecule has 2 heterocycles. The van der Waals surface area contributed by atoms with Gasteiger partial charge >= 0.3 is 11.9 Å². The first-order chi connectivity index (χ1) is 18.8. The molecule has 3 aromatic rings. The van der Waals surface area contributed by atoms with E-state index < -0.39 is 23.7 Å². The third kappa shape index (κ3) is 7.14. The zero-order valence-corrected chi connectivity index (χ0v) is 24.0. The van der Waals surface area contributed by atoms with Crippen LogP contribution in [0.2, 0.25) is 0 Å². The van der Waals surface area contributed by atoms with E-state index in [2.05, 4.69) is 10.3 Å². The van der Waals surface area contributed by atoms with Gasteiger partial charge in [-0.3, -0.25) is 14.4 Å². The van der Waals surface area contributed by atoms with Crippen molar-refractivity contribution in [2.75, 3.05) is 30.5 Å². The number of thiazole rings is 1. The molecule has 0 saturated heterocycles. The van der Waals surface area contributed by atoms with Crippen molar-refractivity contribution in [1.82, 2.24) is 4.57 Å². The number of hydrogen-bond donors (Lipinski definition) is 1. The lowest BCUT2D eigenvalue weighted by atomic mass is 10.1. The minimum Gasteiger partial charge on any atom is -0.468 e. The van der Waals surface area contributed by atoms with E-state index in [9.17, 15) is 23.6 Å². The molecule has 0 saturated carbocycles. The summed E-state index contributed by atoms with van der Waals surface area (Å²) in [6.07, 6.45) is 4.77. The number of aryl methyl sites for hydroxylation is 1. The maximum absolute atomic E-state index is 13.7. The van der Waals surface area contributed by atoms with Crippen LogP contribution < -0.4 is 10.1 Å². The molecular weight excluding hydrogens is 566 g/mol. The largest absolute Gasteiger partial charge is 0.468 e. The summed E-state index contributed by atoms with van der Waals surface area (Å²) in [4.78, 5) is 55.3. The Balaban J connectivity index is 1.43. The van der Waals surface area contributed by atoms with Gasteiger partial charge in [0.15, 0.2) is 4.80 Å². The summed E-state index contributed by atoms with van der Waals surface area (Å²) >= 11 is 3.58. The smallest absolute Gasteiger partial charge is 0.341 e. The topological polar surface area (TPSA) is 116 Å². The zero-order chi connectivity index (χ0) is 27.9. The fourth-order valence-corrected chi connectivity index (χ4v) is 7.23. The molecular formula is C26H28FN3O6S3. The van der Waals surface area contributed by atoms with Gasteiger partial charge in [0.2, 0.25) is 5.91 Å². The molecule has 0 radical (unpaired) electrons. The van der Waals surface area contributed by atoms with E-state index >= 15 is 0 Å². The van der Waals surface area contributed by atoms with Crippen LogP contribution in [0.15, 0.2) is 23.2 Å². The van der Waals surface area contributed by atoms with Gasteiger partial charge in [-0.2, -0.15) is 4.99 Å². The maximum atomic E-state index is 13.7. The summed E-state index contributed by atoms with van der Waals surface area (Å²) in [5.41, 5.74) is 1.97. The number of aromatic nitrogens is 1. The summed E-state index contributed by atoms with van der Waals surface area (Å²) in [7, 11) is 1.25. The average Bonchev–Trinajstić information content (AvgIpc) is 3.30. The van der Waals surface area contributed by atoms with Crippen molar-refractivity contribution in [1.29, 1.82) is 0 Å². The summed E-state index contributed by atoms with van der Waals surface area (Å²) in [5.74, 6) is -2.36. The summed E-state index contributed by atoms with van der Waals surface area (Å²) < 4.78 is 25.7. The van der Waals surface area contributed by atoms with Crippen LogP contribution in [0, 0.1) is 5.82 Å². The molecule has 13 heteroatoms. The molecule has 0 fully saturated rings. The number of nitrogens with one attached hydrogen (secondary N) is 1. The molecule has 1 aliphatic carbocycles. The SMILES string of the molecule is CCOC(=O)c1c(NC(=O)CSCC(=O)N=c2sc3cc(F)ccc3n2CC(=O)OC)sc2c1CCCCC2. The Morgan fingerprint density at radius 2 is 1.92 bits per heavy atom. The molecule has 2 aromatic heterocycles. The van der Waals surface area contributed by atoms with Gasteiger partial charge in [-0.1, -0.05) is 17.8 Å². The Morgan fingerprint density at radius 1 is 1.13 bits per heavy atom. The molecule has 39 heavy (non-hydrogen) atoms. The van der Waals surface area contributed by atoms with Crippen molar-refractivity contribution in [2.24, 2.45) is 4.99 Å². The van der Waals surface area contributed by atoms with Crippen molar-refractivity contribution in [2.45, 2.75) is 45.6 Å². The predicted molar refractivity (Wildman–Crippen MR) is 150 cm³/mol. The zero-order valence-electron chi connectivity index (χ0n) is 21.5. The molecule has 1 aliphatic rings. The molecule has 0 unspecified atom stereocenters. The van der Waals surface area contributed by atoms with Crippen LogP contribution in [0.3, 0.4) is 0 Å². The van der Waals surface area contributed by atoms with Crippen molar-refractivity contribution >= 4 is 73.4 Å². The number of thioether (sulfide) groups is 1. The van der Waals surface area contributed by atoms with Crippen LogP contribution in [-0.4, -0.2) is 53.5 Å². The number of carbonyl (C=O) groups is 4. The van der Waals surface area contributed by atoms with Crippen LogP contribution in [0.1, 0.15) is 47.0 Å². The molecule has 1 N–H and O–H groups in total. The number of hydrogen-bond acceptors (Lipinski definition) is 9. The highest BCUT2D eigenvalue weighted by Crippen LogP contribution is 2.38. The molecule has 208 valence electrons. The second kappa shape index (κ2) is 13.4. The molecule has 4 rings (SSSR count). The second-order valence-electron chi connectivity index (χ2n) is 8.69. The van der Waals surface area contributed by atoms with Crippen LogP contribution in [0.25, 0.3) is 10.2 Å². The van der Waals surface area contributed by atoms with Crippen molar-refractivity contribution in [3.05, 3.63) is 44.8 Å². The summed E-state index contributed by atoms with van der Waals surface area (Å²) in [6, 6.07) is 4.09. The highest BCUT2D eigenvalue weighted by atomic mass is 32.2. The van der Waals surface area contributed by atoms with Crippen LogP contribution in [0.4, 0.5) is 9.39 Å².